The average Bonchev–Trinajstić information content (AvgIpc) is 3.15. The first-order valence-corrected chi connectivity index (χ1v) is 11.8. The molecule has 0 unspecified atom stereocenters. The Morgan fingerprint density at radius 1 is 1.25 bits per heavy atom. The molecule has 10 nitrogen and oxygen atoms in total. The summed E-state index contributed by atoms with van der Waals surface area (Å²) in [5.41, 5.74) is 3.53. The van der Waals surface area contributed by atoms with Crippen molar-refractivity contribution in [3.05, 3.63) is 57.8 Å². The van der Waals surface area contributed by atoms with Crippen molar-refractivity contribution < 1.29 is 24.2 Å². The molecule has 0 aliphatic rings. The van der Waals surface area contributed by atoms with Crippen molar-refractivity contribution >= 4 is 45.3 Å². The Kier molecular flexibility index (Phi) is 10.7. The van der Waals surface area contributed by atoms with Crippen LogP contribution in [0.3, 0.4) is 0 Å². The maximum atomic E-state index is 11.3. The second kappa shape index (κ2) is 13.7. The van der Waals surface area contributed by atoms with E-state index in [9.17, 15) is 14.9 Å². The summed E-state index contributed by atoms with van der Waals surface area (Å²) < 4.78 is 10.4. The summed E-state index contributed by atoms with van der Waals surface area (Å²) in [4.78, 5) is 27.8. The number of carbonyl (C=O) groups is 2. The number of carboxylic acid groups (broad SMARTS) is 1. The summed E-state index contributed by atoms with van der Waals surface area (Å²) in [6.45, 7) is 16.4. The lowest BCUT2D eigenvalue weighted by Crippen LogP contribution is -2.34. The van der Waals surface area contributed by atoms with Crippen LogP contribution in [0.2, 0.25) is 0 Å². The van der Waals surface area contributed by atoms with E-state index >= 15 is 0 Å². The molecule has 1 heterocycles. The van der Waals surface area contributed by atoms with Gasteiger partial charge in [-0.25, -0.2) is 14.4 Å². The van der Waals surface area contributed by atoms with Crippen molar-refractivity contribution in [2.24, 2.45) is 10.2 Å². The molecule has 1 aromatic heterocycles. The number of aliphatic carboxylic acids is 1. The van der Waals surface area contributed by atoms with Crippen LogP contribution >= 0.6 is 11.3 Å². The minimum absolute atomic E-state index is 0.0259. The third kappa shape index (κ3) is 8.01. The maximum absolute atomic E-state index is 11.3. The summed E-state index contributed by atoms with van der Waals surface area (Å²) in [5.74, 6) is -1.95. The van der Waals surface area contributed by atoms with Crippen LogP contribution in [0.25, 0.3) is 4.85 Å². The van der Waals surface area contributed by atoms with E-state index < -0.39 is 11.9 Å². The van der Waals surface area contributed by atoms with E-state index in [0.717, 1.165) is 34.7 Å². The number of azo groups is 1. The summed E-state index contributed by atoms with van der Waals surface area (Å²) in [6.07, 6.45) is 1.57. The summed E-state index contributed by atoms with van der Waals surface area (Å²) in [6, 6.07) is 8.08. The van der Waals surface area contributed by atoms with E-state index in [2.05, 4.69) is 39.9 Å². The Morgan fingerprint density at radius 3 is 2.61 bits per heavy atom. The van der Waals surface area contributed by atoms with Gasteiger partial charge in [-0.15, -0.1) is 11.3 Å². The van der Waals surface area contributed by atoms with E-state index in [-0.39, 0.29) is 19.3 Å². The van der Waals surface area contributed by atoms with E-state index in [4.69, 9.17) is 21.2 Å². The van der Waals surface area contributed by atoms with Crippen LogP contribution in [0.1, 0.15) is 29.9 Å². The van der Waals surface area contributed by atoms with Crippen molar-refractivity contribution in [1.82, 2.24) is 0 Å². The molecule has 0 saturated heterocycles. The third-order valence-corrected chi connectivity index (χ3v) is 6.07. The van der Waals surface area contributed by atoms with Gasteiger partial charge in [-0.3, -0.25) is 0 Å². The van der Waals surface area contributed by atoms with E-state index in [1.54, 1.807) is 6.92 Å². The van der Waals surface area contributed by atoms with Gasteiger partial charge >= 0.3 is 11.9 Å². The van der Waals surface area contributed by atoms with Crippen molar-refractivity contribution in [2.45, 2.75) is 33.7 Å². The molecule has 0 fully saturated rings. The molecule has 1 N–H and O–H groups in total. The number of carbonyl (C=O) groups excluding carboxylic acids is 1. The van der Waals surface area contributed by atoms with Gasteiger partial charge in [-0.1, -0.05) is 0 Å². The van der Waals surface area contributed by atoms with Gasteiger partial charge in [0.15, 0.2) is 0 Å². The number of benzene rings is 1. The second-order valence-electron chi connectivity index (χ2n) is 7.84. The van der Waals surface area contributed by atoms with Gasteiger partial charge < -0.3 is 19.5 Å². The van der Waals surface area contributed by atoms with Crippen LogP contribution in [0.15, 0.2) is 40.6 Å². The van der Waals surface area contributed by atoms with Crippen LogP contribution in [0, 0.1) is 31.8 Å². The molecule has 188 valence electrons. The van der Waals surface area contributed by atoms with Crippen LogP contribution in [0.5, 0.6) is 0 Å². The SMILES string of the molecule is [C-]#[N+]c1c(N=Nc2ccc(N(CCOCCOC(=O)/C=C\C(=O)O)C(C)C)cc2C)sc(C#N)c1C. The lowest BCUT2D eigenvalue weighted by atomic mass is 10.1. The zero-order valence-electron chi connectivity index (χ0n) is 20.5. The number of rotatable bonds is 12. The van der Waals surface area contributed by atoms with E-state index in [1.165, 1.54) is 0 Å². The minimum Gasteiger partial charge on any atom is -0.478 e. The Balaban J connectivity index is 1.97. The minimum atomic E-state index is -1.22. The zero-order valence-corrected chi connectivity index (χ0v) is 21.3. The van der Waals surface area contributed by atoms with Crippen LogP contribution in [-0.4, -0.2) is 49.5 Å². The van der Waals surface area contributed by atoms with Crippen LogP contribution in [0.4, 0.5) is 22.1 Å². The molecule has 0 bridgehead atoms. The molecule has 0 atom stereocenters. The molecular formula is C25H27N5O5S. The van der Waals surface area contributed by atoms with Crippen LogP contribution in [-0.2, 0) is 19.1 Å². The number of esters is 1. The lowest BCUT2D eigenvalue weighted by molar-refractivity contribution is -0.140. The Hall–Kier alpha value is -4.06. The Labute approximate surface area is 213 Å². The molecule has 0 amide bonds. The number of aryl methyl sites for hydroxylation is 1. The topological polar surface area (TPSA) is 129 Å². The molecule has 0 radical (unpaired) electrons. The first kappa shape index (κ1) is 28.2. The molecule has 1 aromatic carbocycles. The molecule has 0 spiro atoms. The van der Waals surface area contributed by atoms with Crippen LogP contribution < -0.4 is 4.90 Å². The molecule has 36 heavy (non-hydrogen) atoms. The molecule has 0 aliphatic carbocycles. The van der Waals surface area contributed by atoms with Crippen molar-refractivity contribution in [1.29, 1.82) is 5.26 Å². The fourth-order valence-corrected chi connectivity index (χ4v) is 4.03. The Morgan fingerprint density at radius 2 is 2.00 bits per heavy atom. The Bertz CT molecular complexity index is 1240. The number of ether oxygens (including phenoxy) is 2. The van der Waals surface area contributed by atoms with E-state index in [0.29, 0.717) is 40.0 Å². The quantitative estimate of drug-likeness (QED) is 0.129. The number of thiophene rings is 1. The van der Waals surface area contributed by atoms with Gasteiger partial charge in [-0.2, -0.15) is 15.5 Å². The average molecular weight is 510 g/mol. The number of hydrogen-bond donors (Lipinski definition) is 1. The number of carboxylic acids is 1. The first-order chi connectivity index (χ1) is 17.2. The van der Waals surface area contributed by atoms with Gasteiger partial charge in [0.05, 0.1) is 30.4 Å². The van der Waals surface area contributed by atoms with Crippen molar-refractivity contribution in [3.8, 4) is 6.07 Å². The molecule has 11 heteroatoms. The number of anilines is 1. The molecule has 0 saturated carbocycles. The highest BCUT2D eigenvalue weighted by Gasteiger charge is 2.15. The zero-order chi connectivity index (χ0) is 26.7. The lowest BCUT2D eigenvalue weighted by Gasteiger charge is -2.29. The second-order valence-corrected chi connectivity index (χ2v) is 8.84. The predicted octanol–water partition coefficient (Wildman–Crippen LogP) is 5.62. The maximum Gasteiger partial charge on any atom is 0.331 e. The summed E-state index contributed by atoms with van der Waals surface area (Å²) >= 11 is 1.16. The van der Waals surface area contributed by atoms with Crippen molar-refractivity contribution in [2.75, 3.05) is 31.3 Å². The normalized spacial score (nSPS) is 11.1. The number of nitrogens with zero attached hydrogens (tertiary/aromatic N) is 5. The third-order valence-electron chi connectivity index (χ3n) is 5.00. The fraction of sp³-hybridized carbons (Fsp3) is 0.360. The monoisotopic (exact) mass is 509 g/mol. The fourth-order valence-electron chi connectivity index (χ4n) is 3.16. The smallest absolute Gasteiger partial charge is 0.331 e. The van der Waals surface area contributed by atoms with Gasteiger partial charge in [0, 0.05) is 30.4 Å². The van der Waals surface area contributed by atoms with Gasteiger partial charge in [0.25, 0.3) is 0 Å². The number of nitriles is 1. The highest BCUT2D eigenvalue weighted by molar-refractivity contribution is 7.17. The predicted molar refractivity (Wildman–Crippen MR) is 136 cm³/mol. The number of hydrogen-bond acceptors (Lipinski definition) is 9. The van der Waals surface area contributed by atoms with Gasteiger partial charge in [-0.05, 0) is 57.0 Å². The van der Waals surface area contributed by atoms with E-state index in [1.807, 2.05) is 25.1 Å². The van der Waals surface area contributed by atoms with Crippen molar-refractivity contribution in [3.63, 3.8) is 0 Å². The molecule has 0 aliphatic heterocycles. The largest absolute Gasteiger partial charge is 0.478 e. The summed E-state index contributed by atoms with van der Waals surface area (Å²) in [5, 5.41) is 26.7. The highest BCUT2D eigenvalue weighted by atomic mass is 32.1. The highest BCUT2D eigenvalue weighted by Crippen LogP contribution is 2.42. The van der Waals surface area contributed by atoms with Gasteiger partial charge in [0.2, 0.25) is 5.69 Å². The first-order valence-electron chi connectivity index (χ1n) is 11.0. The molecule has 2 rings (SSSR count). The standard InChI is InChI=1S/C25H27N5O5S/c1-16(2)30(10-11-34-12-13-35-23(33)9-8-22(31)32)19-6-7-20(17(3)14-19)28-29-25-24(27-5)18(4)21(15-26)36-25/h6-9,14,16H,10-13H2,1-4H3,(H,31,32)/b9-8-,29-28?. The van der Waals surface area contributed by atoms with Gasteiger partial charge in [0.1, 0.15) is 17.7 Å². The molecule has 2 aromatic rings. The molecular weight excluding hydrogens is 482 g/mol. The summed E-state index contributed by atoms with van der Waals surface area (Å²) in [7, 11) is 0.